The second kappa shape index (κ2) is 9.93. The Bertz CT molecular complexity index is 556. The molecule has 0 atom stereocenters. The molecule has 7 nitrogen and oxygen atoms in total. The second-order valence-corrected chi connectivity index (χ2v) is 8.40. The van der Waals surface area contributed by atoms with Gasteiger partial charge in [0.25, 0.3) is 0 Å². The molecule has 0 aliphatic carbocycles. The third kappa shape index (κ3) is 5.96. The van der Waals surface area contributed by atoms with E-state index in [0.717, 1.165) is 45.0 Å². The number of hydrogen-bond donors (Lipinski definition) is 1. The van der Waals surface area contributed by atoms with Crippen molar-refractivity contribution in [3.05, 3.63) is 0 Å². The zero-order valence-electron chi connectivity index (χ0n) is 17.6. The summed E-state index contributed by atoms with van der Waals surface area (Å²) in [5, 5.41) is 3.46. The van der Waals surface area contributed by atoms with Gasteiger partial charge in [0.15, 0.2) is 5.96 Å². The second-order valence-electron chi connectivity index (χ2n) is 8.40. The number of hydrogen-bond acceptors (Lipinski definition) is 3. The van der Waals surface area contributed by atoms with Crippen molar-refractivity contribution in [2.75, 3.05) is 39.8 Å². The fraction of sp³-hybridized carbons (Fsp3) is 0.842. The number of amides is 2. The van der Waals surface area contributed by atoms with Gasteiger partial charge < -0.3 is 20.0 Å². The van der Waals surface area contributed by atoms with Crippen LogP contribution in [0.15, 0.2) is 4.99 Å². The topological polar surface area (TPSA) is 68.2 Å². The smallest absolute Gasteiger partial charge is 0.242 e. The first kappa shape index (κ1) is 24.0. The van der Waals surface area contributed by atoms with Crippen molar-refractivity contribution in [1.29, 1.82) is 0 Å². The van der Waals surface area contributed by atoms with Gasteiger partial charge in [0.1, 0.15) is 0 Å². The molecule has 2 rings (SSSR count). The summed E-state index contributed by atoms with van der Waals surface area (Å²) in [4.78, 5) is 34.5. The molecule has 8 heteroatoms. The number of halogens is 1. The van der Waals surface area contributed by atoms with Crippen LogP contribution in [0.25, 0.3) is 0 Å². The molecule has 0 radical (unpaired) electrons. The molecule has 0 bridgehead atoms. The first-order valence-corrected chi connectivity index (χ1v) is 9.69. The quantitative estimate of drug-likeness (QED) is 0.370. The summed E-state index contributed by atoms with van der Waals surface area (Å²) >= 11 is 0. The molecule has 2 heterocycles. The number of piperidine rings is 1. The summed E-state index contributed by atoms with van der Waals surface area (Å²) in [5.74, 6) is 1.64. The van der Waals surface area contributed by atoms with Crippen LogP contribution in [-0.4, -0.2) is 83.8 Å². The van der Waals surface area contributed by atoms with Crippen molar-refractivity contribution in [3.8, 4) is 0 Å². The minimum atomic E-state index is -0.228. The van der Waals surface area contributed by atoms with E-state index in [2.05, 4.69) is 42.9 Å². The number of nitrogens with one attached hydrogen (secondary N) is 1. The Morgan fingerprint density at radius 3 is 2.30 bits per heavy atom. The molecule has 0 aromatic carbocycles. The van der Waals surface area contributed by atoms with Gasteiger partial charge in [-0.3, -0.25) is 14.6 Å². The maximum Gasteiger partial charge on any atom is 0.242 e. The predicted octanol–water partition coefficient (Wildman–Crippen LogP) is 1.77. The Labute approximate surface area is 180 Å². The Kier molecular flexibility index (Phi) is 8.82. The van der Waals surface area contributed by atoms with Gasteiger partial charge in [-0.25, -0.2) is 0 Å². The Morgan fingerprint density at radius 1 is 1.26 bits per heavy atom. The SMILES string of the molecule is CN=C(NCC1CCN(C(C)=O)CC1)N1CC(=O)N(C(C)C)C(C)(C)C1.I. The van der Waals surface area contributed by atoms with Gasteiger partial charge in [-0.2, -0.15) is 0 Å². The van der Waals surface area contributed by atoms with Crippen LogP contribution in [0.4, 0.5) is 0 Å². The lowest BCUT2D eigenvalue weighted by atomic mass is 9.96. The molecule has 27 heavy (non-hydrogen) atoms. The molecular weight excluding hydrogens is 457 g/mol. The number of nitrogens with zero attached hydrogens (tertiary/aromatic N) is 4. The molecule has 0 aromatic rings. The van der Waals surface area contributed by atoms with Gasteiger partial charge >= 0.3 is 0 Å². The molecule has 1 N–H and O–H groups in total. The average Bonchev–Trinajstić information content (AvgIpc) is 2.53. The van der Waals surface area contributed by atoms with Crippen molar-refractivity contribution in [2.24, 2.45) is 10.9 Å². The number of rotatable bonds is 3. The highest BCUT2D eigenvalue weighted by atomic mass is 127. The maximum absolute atomic E-state index is 12.7. The average molecular weight is 493 g/mol. The number of guanidine groups is 1. The number of likely N-dealkylation sites (tertiary alicyclic amines) is 1. The predicted molar refractivity (Wildman–Crippen MR) is 119 cm³/mol. The van der Waals surface area contributed by atoms with Crippen LogP contribution in [0.2, 0.25) is 0 Å². The lowest BCUT2D eigenvalue weighted by Crippen LogP contribution is -2.66. The van der Waals surface area contributed by atoms with Crippen molar-refractivity contribution >= 4 is 41.8 Å². The minimum absolute atomic E-state index is 0. The van der Waals surface area contributed by atoms with Crippen LogP contribution in [-0.2, 0) is 9.59 Å². The normalized spacial score (nSPS) is 21.4. The molecule has 156 valence electrons. The molecule has 0 spiro atoms. The Balaban J connectivity index is 0.00000364. The molecule has 2 amide bonds. The highest BCUT2D eigenvalue weighted by Gasteiger charge is 2.40. The summed E-state index contributed by atoms with van der Waals surface area (Å²) < 4.78 is 0. The van der Waals surface area contributed by atoms with Crippen LogP contribution >= 0.6 is 24.0 Å². The third-order valence-electron chi connectivity index (χ3n) is 5.46. The zero-order valence-corrected chi connectivity index (χ0v) is 19.9. The first-order valence-electron chi connectivity index (χ1n) is 9.69. The van der Waals surface area contributed by atoms with Crippen LogP contribution in [0.5, 0.6) is 0 Å². The van der Waals surface area contributed by atoms with E-state index in [4.69, 9.17) is 0 Å². The third-order valence-corrected chi connectivity index (χ3v) is 5.46. The van der Waals surface area contributed by atoms with E-state index in [0.29, 0.717) is 12.5 Å². The van der Waals surface area contributed by atoms with Gasteiger partial charge in [-0.1, -0.05) is 0 Å². The lowest BCUT2D eigenvalue weighted by molar-refractivity contribution is -0.145. The first-order chi connectivity index (χ1) is 12.2. The molecular formula is C19H36IN5O2. The van der Waals surface area contributed by atoms with E-state index >= 15 is 0 Å². The fourth-order valence-electron chi connectivity index (χ4n) is 4.33. The van der Waals surface area contributed by atoms with Gasteiger partial charge in [0, 0.05) is 46.2 Å². The molecule has 0 aromatic heterocycles. The summed E-state index contributed by atoms with van der Waals surface area (Å²) in [6.45, 7) is 13.6. The van der Waals surface area contributed by atoms with Gasteiger partial charge in [-0.05, 0) is 46.5 Å². The number of carbonyl (C=O) groups is 2. The van der Waals surface area contributed by atoms with Crippen LogP contribution in [0.1, 0.15) is 47.5 Å². The monoisotopic (exact) mass is 493 g/mol. The van der Waals surface area contributed by atoms with E-state index in [-0.39, 0.29) is 47.4 Å². The van der Waals surface area contributed by atoms with E-state index in [1.54, 1.807) is 14.0 Å². The number of aliphatic imine (C=N–C) groups is 1. The number of carbonyl (C=O) groups excluding carboxylic acids is 2. The molecule has 2 saturated heterocycles. The summed E-state index contributed by atoms with van der Waals surface area (Å²) in [5.41, 5.74) is -0.228. The van der Waals surface area contributed by atoms with Crippen molar-refractivity contribution in [1.82, 2.24) is 20.0 Å². The van der Waals surface area contributed by atoms with Gasteiger partial charge in [-0.15, -0.1) is 24.0 Å². The van der Waals surface area contributed by atoms with Gasteiger partial charge in [0.05, 0.1) is 12.1 Å². The van der Waals surface area contributed by atoms with E-state index in [1.165, 1.54) is 0 Å². The minimum Gasteiger partial charge on any atom is -0.356 e. The summed E-state index contributed by atoms with van der Waals surface area (Å²) in [6, 6.07) is 0.195. The molecule has 2 aliphatic rings. The van der Waals surface area contributed by atoms with Crippen molar-refractivity contribution < 1.29 is 9.59 Å². The van der Waals surface area contributed by atoms with Crippen LogP contribution in [0, 0.1) is 5.92 Å². The maximum atomic E-state index is 12.7. The van der Waals surface area contributed by atoms with Crippen LogP contribution in [0.3, 0.4) is 0 Å². The Hall–Kier alpha value is -1.06. The highest BCUT2D eigenvalue weighted by Crippen LogP contribution is 2.24. The zero-order chi connectivity index (χ0) is 19.5. The fourth-order valence-corrected chi connectivity index (χ4v) is 4.33. The number of piperazine rings is 1. The van der Waals surface area contributed by atoms with Gasteiger partial charge in [0.2, 0.25) is 11.8 Å². The lowest BCUT2D eigenvalue weighted by Gasteiger charge is -2.49. The van der Waals surface area contributed by atoms with Crippen molar-refractivity contribution in [3.63, 3.8) is 0 Å². The molecule has 0 saturated carbocycles. The summed E-state index contributed by atoms with van der Waals surface area (Å²) in [6.07, 6.45) is 2.02. The largest absolute Gasteiger partial charge is 0.356 e. The molecule has 2 aliphatic heterocycles. The highest BCUT2D eigenvalue weighted by molar-refractivity contribution is 14.0. The molecule has 2 fully saturated rings. The molecule has 0 unspecified atom stereocenters. The van der Waals surface area contributed by atoms with E-state index in [9.17, 15) is 9.59 Å². The summed E-state index contributed by atoms with van der Waals surface area (Å²) in [7, 11) is 1.77. The standard InChI is InChI=1S/C19H35N5O2.HI/c1-14(2)24-17(26)12-23(13-19(24,4)5)18(20-6)21-11-16-7-9-22(10-8-16)15(3)25;/h14,16H,7-13H2,1-6H3,(H,20,21);1H. The van der Waals surface area contributed by atoms with Crippen LogP contribution < -0.4 is 5.32 Å². The van der Waals surface area contributed by atoms with E-state index < -0.39 is 0 Å². The van der Waals surface area contributed by atoms with E-state index in [1.807, 2.05) is 9.80 Å². The van der Waals surface area contributed by atoms with Crippen molar-refractivity contribution in [2.45, 2.75) is 59.0 Å². The Morgan fingerprint density at radius 2 is 1.85 bits per heavy atom.